The number of fused-ring (bicyclic) bond motifs is 1. The van der Waals surface area contributed by atoms with Crippen molar-refractivity contribution in [1.82, 2.24) is 20.5 Å². The lowest BCUT2D eigenvalue weighted by molar-refractivity contribution is -0.133. The van der Waals surface area contributed by atoms with E-state index in [1.165, 1.54) is 22.9 Å². The Morgan fingerprint density at radius 1 is 1.07 bits per heavy atom. The molecule has 0 radical (unpaired) electrons. The van der Waals surface area contributed by atoms with E-state index in [0.29, 0.717) is 24.3 Å². The number of hydrogen-bond donors (Lipinski definition) is 4. The first-order valence-electron chi connectivity index (χ1n) is 16.3. The topological polar surface area (TPSA) is 152 Å². The Labute approximate surface area is 267 Å². The molecule has 4 amide bonds. The molecule has 242 valence electrons. The molecule has 7 rings (SSSR count). The molecule has 2 bridgehead atoms. The predicted octanol–water partition coefficient (Wildman–Crippen LogP) is 3.96. The Bertz CT molecular complexity index is 1720. The number of rotatable bonds is 13. The second-order valence-electron chi connectivity index (χ2n) is 12.9. The van der Waals surface area contributed by atoms with E-state index in [0.717, 1.165) is 55.9 Å². The summed E-state index contributed by atoms with van der Waals surface area (Å²) in [5.74, 6) is -0.735. The van der Waals surface area contributed by atoms with Gasteiger partial charge in [0.25, 0.3) is 11.5 Å². The summed E-state index contributed by atoms with van der Waals surface area (Å²) in [6.07, 6.45) is 12.8. The molecule has 11 nitrogen and oxygen atoms in total. The number of amides is 4. The number of furan rings is 1. The van der Waals surface area contributed by atoms with Crippen molar-refractivity contribution in [2.75, 3.05) is 5.32 Å². The molecule has 0 unspecified atom stereocenters. The molecule has 0 spiro atoms. The van der Waals surface area contributed by atoms with Crippen LogP contribution in [0, 0.1) is 5.92 Å². The van der Waals surface area contributed by atoms with Crippen molar-refractivity contribution >= 4 is 40.3 Å². The molecule has 4 N–H and O–H groups in total. The third-order valence-electron chi connectivity index (χ3n) is 9.51. The maximum Gasteiger partial charge on any atom is 0.287 e. The summed E-state index contributed by atoms with van der Waals surface area (Å²) in [6, 6.07) is 9.56. The number of hydrogen-bond acceptors (Lipinski definition) is 6. The van der Waals surface area contributed by atoms with Crippen LogP contribution >= 0.6 is 0 Å². The number of anilines is 1. The summed E-state index contributed by atoms with van der Waals surface area (Å²) in [4.78, 5) is 65.4. The first kappa shape index (κ1) is 31.3. The molecule has 4 aliphatic carbocycles. The minimum atomic E-state index is -1.05. The third kappa shape index (κ3) is 6.78. The lowest BCUT2D eigenvalue weighted by Gasteiger charge is -2.61. The van der Waals surface area contributed by atoms with Crippen molar-refractivity contribution < 1.29 is 23.6 Å². The molecule has 0 saturated heterocycles. The van der Waals surface area contributed by atoms with Gasteiger partial charge in [-0.25, -0.2) is 0 Å². The van der Waals surface area contributed by atoms with Gasteiger partial charge in [-0.05, 0) is 81.6 Å². The number of nitrogens with zero attached hydrogens (tertiary/aromatic N) is 1. The first-order chi connectivity index (χ1) is 22.2. The highest BCUT2D eigenvalue weighted by Gasteiger charge is 2.57. The number of benzene rings is 1. The van der Waals surface area contributed by atoms with E-state index >= 15 is 0 Å². The number of aromatic nitrogens is 1. The lowest BCUT2D eigenvalue weighted by Crippen LogP contribution is -2.68. The minimum Gasteiger partial charge on any atom is -0.451 e. The van der Waals surface area contributed by atoms with Crippen LogP contribution in [0.5, 0.6) is 0 Å². The van der Waals surface area contributed by atoms with Crippen LogP contribution < -0.4 is 26.8 Å². The summed E-state index contributed by atoms with van der Waals surface area (Å²) in [5.41, 5.74) is 0.673. The average molecular weight is 628 g/mol. The van der Waals surface area contributed by atoms with Crippen LogP contribution in [0.2, 0.25) is 0 Å². The van der Waals surface area contributed by atoms with Gasteiger partial charge < -0.3 is 30.3 Å². The Morgan fingerprint density at radius 2 is 1.83 bits per heavy atom. The zero-order valence-corrected chi connectivity index (χ0v) is 26.1. The van der Waals surface area contributed by atoms with E-state index in [1.807, 2.05) is 25.1 Å². The maximum absolute atomic E-state index is 13.6. The van der Waals surface area contributed by atoms with Crippen LogP contribution in [0.4, 0.5) is 5.69 Å². The first-order valence-corrected chi connectivity index (χ1v) is 16.3. The summed E-state index contributed by atoms with van der Waals surface area (Å²) >= 11 is 0. The molecule has 0 aliphatic heterocycles. The number of carbonyl (C=O) groups is 4. The predicted molar refractivity (Wildman–Crippen MR) is 173 cm³/mol. The molecule has 4 fully saturated rings. The number of carbonyl (C=O) groups excluding carboxylic acids is 4. The monoisotopic (exact) mass is 627 g/mol. The van der Waals surface area contributed by atoms with Gasteiger partial charge in [0.2, 0.25) is 17.7 Å². The zero-order valence-electron chi connectivity index (χ0n) is 26.1. The van der Waals surface area contributed by atoms with Gasteiger partial charge >= 0.3 is 0 Å². The van der Waals surface area contributed by atoms with Gasteiger partial charge in [-0.3, -0.25) is 24.0 Å². The minimum absolute atomic E-state index is 0.00506. The van der Waals surface area contributed by atoms with Gasteiger partial charge in [0.1, 0.15) is 23.9 Å². The van der Waals surface area contributed by atoms with Crippen LogP contribution in [0.15, 0.2) is 64.0 Å². The summed E-state index contributed by atoms with van der Waals surface area (Å²) < 4.78 is 7.15. The molecule has 1 aromatic carbocycles. The molecular formula is C35H41N5O6. The zero-order chi connectivity index (χ0) is 32.3. The van der Waals surface area contributed by atoms with Gasteiger partial charge in [-0.2, -0.15) is 0 Å². The van der Waals surface area contributed by atoms with Crippen molar-refractivity contribution in [3.05, 3.63) is 76.4 Å². The third-order valence-corrected chi connectivity index (χ3v) is 9.51. The smallest absolute Gasteiger partial charge is 0.287 e. The molecule has 46 heavy (non-hydrogen) atoms. The highest BCUT2D eigenvalue weighted by molar-refractivity contribution is 6.03. The number of para-hydroxylation sites is 1. The van der Waals surface area contributed by atoms with Crippen molar-refractivity contribution in [2.45, 2.75) is 95.3 Å². The van der Waals surface area contributed by atoms with Gasteiger partial charge in [0, 0.05) is 28.7 Å². The SMILES string of the molecule is CCc1c(C(=O)N[C@@H](CC/C=C/C(=O)NC2CCCC2)C(=O)Nc2cccn(CC(=O)NC34CC(C3)C4)c2=O)oc2ccccc12. The quantitative estimate of drug-likeness (QED) is 0.211. The van der Waals surface area contributed by atoms with Gasteiger partial charge in [-0.1, -0.05) is 44.0 Å². The summed E-state index contributed by atoms with van der Waals surface area (Å²) in [6.45, 7) is 1.77. The Balaban J connectivity index is 1.15. The largest absolute Gasteiger partial charge is 0.451 e. The number of pyridine rings is 1. The molecule has 11 heteroatoms. The maximum atomic E-state index is 13.6. The fourth-order valence-corrected chi connectivity index (χ4v) is 7.00. The normalized spacial score (nSPS) is 20.9. The van der Waals surface area contributed by atoms with Crippen LogP contribution in [-0.2, 0) is 27.3 Å². The Morgan fingerprint density at radius 3 is 2.54 bits per heavy atom. The van der Waals surface area contributed by atoms with E-state index < -0.39 is 23.4 Å². The number of aryl methyl sites for hydroxylation is 1. The van der Waals surface area contributed by atoms with E-state index in [9.17, 15) is 24.0 Å². The molecule has 1 atom stereocenters. The van der Waals surface area contributed by atoms with Gasteiger partial charge in [0.15, 0.2) is 5.76 Å². The highest BCUT2D eigenvalue weighted by atomic mass is 16.3. The van der Waals surface area contributed by atoms with Crippen LogP contribution in [0.25, 0.3) is 11.0 Å². The average Bonchev–Trinajstić information content (AvgIpc) is 3.65. The second kappa shape index (κ2) is 13.4. The van der Waals surface area contributed by atoms with Crippen molar-refractivity contribution in [3.8, 4) is 0 Å². The Kier molecular flexibility index (Phi) is 9.10. The summed E-state index contributed by atoms with van der Waals surface area (Å²) in [5, 5.41) is 12.3. The standard InChI is InChI=1S/C35H41N5O6/c1-2-24-25-12-5-7-15-28(25)46-31(24)33(44)37-26(13-6-8-16-29(41)36-23-10-3-4-11-23)32(43)38-27-14-9-17-40(34(27)45)21-30(42)39-35-18-22(19-35)20-35/h5,7-9,12,14-17,22-23,26H,2-4,6,10-11,13,18-21H2,1H3,(H,36,41)(H,37,44)(H,38,43)(H,39,42)/b16-8+/t22?,26-,35?/m0/s1. The fourth-order valence-electron chi connectivity index (χ4n) is 7.00. The van der Waals surface area contributed by atoms with E-state index in [2.05, 4.69) is 21.3 Å². The van der Waals surface area contributed by atoms with Crippen molar-refractivity contribution in [3.63, 3.8) is 0 Å². The number of nitrogens with one attached hydrogen (secondary N) is 4. The molecular weight excluding hydrogens is 586 g/mol. The Hall–Kier alpha value is -4.67. The van der Waals surface area contributed by atoms with Crippen molar-refractivity contribution in [1.29, 1.82) is 0 Å². The van der Waals surface area contributed by atoms with Crippen molar-refractivity contribution in [2.24, 2.45) is 5.92 Å². The van der Waals surface area contributed by atoms with E-state index in [-0.39, 0.29) is 47.8 Å². The van der Waals surface area contributed by atoms with E-state index in [1.54, 1.807) is 18.2 Å². The van der Waals surface area contributed by atoms with Crippen LogP contribution in [0.3, 0.4) is 0 Å². The van der Waals surface area contributed by atoms with Crippen LogP contribution in [0.1, 0.15) is 80.8 Å². The molecule has 3 aromatic rings. The van der Waals surface area contributed by atoms with Gasteiger partial charge in [-0.15, -0.1) is 0 Å². The molecule has 4 saturated carbocycles. The fraction of sp³-hybridized carbons (Fsp3) is 0.457. The molecule has 2 heterocycles. The lowest BCUT2D eigenvalue weighted by atomic mass is 9.50. The van der Waals surface area contributed by atoms with E-state index in [4.69, 9.17) is 4.42 Å². The van der Waals surface area contributed by atoms with Crippen LogP contribution in [-0.4, -0.2) is 45.8 Å². The highest BCUT2D eigenvalue weighted by Crippen LogP contribution is 2.56. The molecule has 4 aliphatic rings. The summed E-state index contributed by atoms with van der Waals surface area (Å²) in [7, 11) is 0. The second-order valence-corrected chi connectivity index (χ2v) is 12.9. The number of allylic oxidation sites excluding steroid dienone is 1. The molecule has 2 aromatic heterocycles. The van der Waals surface area contributed by atoms with Gasteiger partial charge in [0.05, 0.1) is 0 Å².